The molecule has 4 fully saturated rings. The molecular formula is C25H35N9O2S. The Labute approximate surface area is 218 Å². The van der Waals surface area contributed by atoms with E-state index in [0.29, 0.717) is 19.1 Å². The number of nitrogens with one attached hydrogen (secondary N) is 4. The smallest absolute Gasteiger partial charge is 0.282 e. The van der Waals surface area contributed by atoms with E-state index >= 15 is 0 Å². The van der Waals surface area contributed by atoms with Crippen LogP contribution in [0.4, 0.5) is 11.6 Å². The zero-order chi connectivity index (χ0) is 25.7. The van der Waals surface area contributed by atoms with Crippen LogP contribution in [0.5, 0.6) is 0 Å². The van der Waals surface area contributed by atoms with Gasteiger partial charge in [0.2, 0.25) is 0 Å². The third-order valence-electron chi connectivity index (χ3n) is 8.10. The van der Waals surface area contributed by atoms with Crippen molar-refractivity contribution in [3.63, 3.8) is 0 Å². The second-order valence-electron chi connectivity index (χ2n) is 11.1. The first kappa shape index (κ1) is 24.8. The molecule has 0 aliphatic carbocycles. The molecule has 0 saturated carbocycles. The summed E-state index contributed by atoms with van der Waals surface area (Å²) in [6, 6.07) is 6.67. The molecule has 4 saturated heterocycles. The number of pyridine rings is 2. The molecule has 0 radical (unpaired) electrons. The molecule has 0 amide bonds. The number of nitrogens with zero attached hydrogens (tertiary/aromatic N) is 5. The topological polar surface area (TPSA) is 138 Å². The zero-order valence-electron chi connectivity index (χ0n) is 21.3. The zero-order valence-corrected chi connectivity index (χ0v) is 22.1. The first-order valence-electron chi connectivity index (χ1n) is 13.3. The van der Waals surface area contributed by atoms with Crippen LogP contribution in [-0.2, 0) is 10.2 Å². The molecule has 37 heavy (non-hydrogen) atoms. The van der Waals surface area contributed by atoms with E-state index < -0.39 is 10.2 Å². The maximum Gasteiger partial charge on any atom is 0.282 e. The molecule has 12 heteroatoms. The third-order valence-corrected chi connectivity index (χ3v) is 10.2. The van der Waals surface area contributed by atoms with Gasteiger partial charge in [-0.1, -0.05) is 6.42 Å². The maximum absolute atomic E-state index is 13.4. The number of rotatable bonds is 6. The molecule has 6 rings (SSSR count). The SMILES string of the molecule is Cc1cnc2cc(NC3CC(C)NN3)nc(NC3C[C@H]4CCC[C@@H](C3)N4S(=O)(=O)N3CC(C#N)C3)c2c1. The average molecular weight is 526 g/mol. The van der Waals surface area contributed by atoms with E-state index in [2.05, 4.69) is 45.5 Å². The average Bonchev–Trinajstić information content (AvgIpc) is 3.22. The molecule has 2 bridgehead atoms. The number of nitriles is 1. The lowest BCUT2D eigenvalue weighted by Gasteiger charge is -2.50. The van der Waals surface area contributed by atoms with E-state index in [0.717, 1.165) is 66.6 Å². The Morgan fingerprint density at radius 1 is 1.11 bits per heavy atom. The van der Waals surface area contributed by atoms with Crippen LogP contribution in [0.2, 0.25) is 0 Å². The van der Waals surface area contributed by atoms with Crippen LogP contribution >= 0.6 is 0 Å². The molecule has 5 atom stereocenters. The Kier molecular flexibility index (Phi) is 6.45. The monoisotopic (exact) mass is 525 g/mol. The minimum atomic E-state index is -3.55. The Morgan fingerprint density at radius 3 is 2.54 bits per heavy atom. The molecule has 4 aliphatic heterocycles. The van der Waals surface area contributed by atoms with Gasteiger partial charge in [0.05, 0.1) is 23.7 Å². The van der Waals surface area contributed by atoms with Gasteiger partial charge in [-0.05, 0) is 57.6 Å². The fraction of sp³-hybridized carbons (Fsp3) is 0.640. The second-order valence-corrected chi connectivity index (χ2v) is 12.9. The summed E-state index contributed by atoms with van der Waals surface area (Å²) < 4.78 is 30.1. The van der Waals surface area contributed by atoms with Crippen LogP contribution in [0.1, 0.15) is 51.0 Å². The van der Waals surface area contributed by atoms with Gasteiger partial charge in [-0.25, -0.2) is 10.4 Å². The first-order valence-corrected chi connectivity index (χ1v) is 14.7. The molecule has 2 aromatic heterocycles. The third kappa shape index (κ3) is 4.75. The van der Waals surface area contributed by atoms with Gasteiger partial charge in [0, 0.05) is 54.9 Å². The summed E-state index contributed by atoms with van der Waals surface area (Å²) in [6.45, 7) is 4.77. The molecule has 4 aliphatic rings. The fourth-order valence-electron chi connectivity index (χ4n) is 6.27. The maximum atomic E-state index is 13.4. The van der Waals surface area contributed by atoms with Gasteiger partial charge >= 0.3 is 0 Å². The lowest BCUT2D eigenvalue weighted by atomic mass is 9.84. The highest BCUT2D eigenvalue weighted by atomic mass is 32.2. The Hall–Kier alpha value is -2.56. The van der Waals surface area contributed by atoms with Crippen molar-refractivity contribution < 1.29 is 8.42 Å². The van der Waals surface area contributed by atoms with Gasteiger partial charge in [-0.2, -0.15) is 22.3 Å². The van der Waals surface area contributed by atoms with Crippen LogP contribution in [0.25, 0.3) is 10.9 Å². The number of fused-ring (bicyclic) bond motifs is 3. The van der Waals surface area contributed by atoms with Crippen LogP contribution in [-0.4, -0.2) is 70.4 Å². The van der Waals surface area contributed by atoms with Crippen molar-refractivity contribution in [3.8, 4) is 6.07 Å². The fourth-order valence-corrected chi connectivity index (χ4v) is 8.41. The number of aryl methyl sites for hydroxylation is 1. The van der Waals surface area contributed by atoms with E-state index in [4.69, 9.17) is 10.2 Å². The van der Waals surface area contributed by atoms with Gasteiger partial charge in [0.25, 0.3) is 10.2 Å². The number of anilines is 2. The van der Waals surface area contributed by atoms with Crippen LogP contribution in [0.3, 0.4) is 0 Å². The Bertz CT molecular complexity index is 1310. The Balaban J connectivity index is 1.23. The van der Waals surface area contributed by atoms with Crippen LogP contribution in [0, 0.1) is 24.2 Å². The molecule has 0 aromatic carbocycles. The Morgan fingerprint density at radius 2 is 1.86 bits per heavy atom. The number of hydrogen-bond acceptors (Lipinski definition) is 9. The number of hydrazine groups is 1. The van der Waals surface area contributed by atoms with Gasteiger partial charge in [-0.15, -0.1) is 0 Å². The van der Waals surface area contributed by atoms with E-state index in [1.165, 1.54) is 4.31 Å². The highest BCUT2D eigenvalue weighted by Gasteiger charge is 2.49. The van der Waals surface area contributed by atoms with Crippen molar-refractivity contribution in [1.29, 1.82) is 5.26 Å². The van der Waals surface area contributed by atoms with E-state index in [9.17, 15) is 8.42 Å². The van der Waals surface area contributed by atoms with Crippen molar-refractivity contribution in [1.82, 2.24) is 29.4 Å². The molecule has 6 heterocycles. The van der Waals surface area contributed by atoms with Crippen molar-refractivity contribution in [2.45, 2.75) is 82.7 Å². The summed E-state index contributed by atoms with van der Waals surface area (Å²) >= 11 is 0. The lowest BCUT2D eigenvalue weighted by molar-refractivity contribution is 0.0984. The predicted molar refractivity (Wildman–Crippen MR) is 142 cm³/mol. The molecule has 3 unspecified atom stereocenters. The summed E-state index contributed by atoms with van der Waals surface area (Å²) in [6.07, 6.45) is 7.11. The summed E-state index contributed by atoms with van der Waals surface area (Å²) in [7, 11) is -3.55. The van der Waals surface area contributed by atoms with E-state index in [-0.39, 0.29) is 30.2 Å². The largest absolute Gasteiger partial charge is 0.367 e. The normalized spacial score (nSPS) is 31.1. The number of piperidine rings is 2. The second kappa shape index (κ2) is 9.63. The van der Waals surface area contributed by atoms with Gasteiger partial charge in [-0.3, -0.25) is 10.4 Å². The minimum Gasteiger partial charge on any atom is -0.367 e. The molecule has 198 valence electrons. The summed E-state index contributed by atoms with van der Waals surface area (Å²) in [5, 5.41) is 17.2. The van der Waals surface area contributed by atoms with Crippen LogP contribution in [0.15, 0.2) is 18.3 Å². The quantitative estimate of drug-likeness (QED) is 0.446. The van der Waals surface area contributed by atoms with Crippen molar-refractivity contribution >= 4 is 32.7 Å². The molecule has 4 N–H and O–H groups in total. The predicted octanol–water partition coefficient (Wildman–Crippen LogP) is 2.06. The van der Waals surface area contributed by atoms with Crippen molar-refractivity contribution in [2.24, 2.45) is 5.92 Å². The standard InChI is InChI=1S/C25H35N9O2S/c1-15-6-21-22(27-12-15)10-23(29-24-7-16(2)31-32-24)30-25(21)28-18-8-19-4-3-5-20(9-18)34(19)37(35,36)33-13-17(11-26)14-33/h6,10,12,16-20,24,31-32H,3-5,7-9,13-14H2,1-2H3,(H2,28,29,30)/t16?,18?,19-,20+,24?. The van der Waals surface area contributed by atoms with Crippen molar-refractivity contribution in [3.05, 3.63) is 23.9 Å². The van der Waals surface area contributed by atoms with E-state index in [1.54, 1.807) is 4.31 Å². The number of aromatic nitrogens is 2. The molecule has 0 spiro atoms. The highest BCUT2D eigenvalue weighted by Crippen LogP contribution is 2.40. The highest BCUT2D eigenvalue weighted by molar-refractivity contribution is 7.86. The van der Waals surface area contributed by atoms with E-state index in [1.807, 2.05) is 19.2 Å². The summed E-state index contributed by atoms with van der Waals surface area (Å²) in [5.74, 6) is 1.35. The van der Waals surface area contributed by atoms with Gasteiger partial charge in [0.1, 0.15) is 11.6 Å². The van der Waals surface area contributed by atoms with Crippen LogP contribution < -0.4 is 21.5 Å². The van der Waals surface area contributed by atoms with Crippen molar-refractivity contribution in [2.75, 3.05) is 23.7 Å². The van der Waals surface area contributed by atoms with Gasteiger partial charge < -0.3 is 10.6 Å². The molecule has 2 aromatic rings. The van der Waals surface area contributed by atoms with Gasteiger partial charge in [0.15, 0.2) is 0 Å². The number of hydrogen-bond donors (Lipinski definition) is 4. The molecular weight excluding hydrogens is 490 g/mol. The molecule has 11 nitrogen and oxygen atoms in total. The summed E-state index contributed by atoms with van der Waals surface area (Å²) in [4.78, 5) is 9.62. The first-order chi connectivity index (χ1) is 17.8. The summed E-state index contributed by atoms with van der Waals surface area (Å²) in [5.41, 5.74) is 8.42. The lowest BCUT2D eigenvalue weighted by Crippen LogP contribution is -2.63. The minimum absolute atomic E-state index is 0.0428.